The lowest BCUT2D eigenvalue weighted by Gasteiger charge is -2.24. The molecule has 34 heavy (non-hydrogen) atoms. The normalized spacial score (nSPS) is 16.1. The Kier molecular flexibility index (Phi) is 10.1. The minimum Gasteiger partial charge on any atom is -0.271 e. The maximum absolute atomic E-state index is 14.6. The van der Waals surface area contributed by atoms with E-state index in [0.29, 0.717) is 0 Å². The van der Waals surface area contributed by atoms with E-state index in [0.717, 1.165) is 48.5 Å². The van der Waals surface area contributed by atoms with Crippen LogP contribution in [0.1, 0.15) is 70.6 Å². The van der Waals surface area contributed by atoms with Gasteiger partial charge >= 0.3 is 0 Å². The summed E-state index contributed by atoms with van der Waals surface area (Å²) in [6.07, 6.45) is 12.3. The standard InChI is InChI=1S/C26H34FN3O3S/c27-24-19-13-14-20-25(24)30(34(32,33)23-17-11-8-12-18-23)21-26(31)29-28-22-15-9-6-4-2-1-3-5-7-10-16-22/h8,11-14,17-20H,1-7,9-10,15-16,21H2,(H,29,31). The molecule has 1 fully saturated rings. The molecule has 0 aliphatic heterocycles. The van der Waals surface area contributed by atoms with Gasteiger partial charge < -0.3 is 0 Å². The third-order valence-electron chi connectivity index (χ3n) is 6.01. The van der Waals surface area contributed by atoms with E-state index in [1.165, 1.54) is 68.5 Å². The number of para-hydroxylation sites is 1. The highest BCUT2D eigenvalue weighted by Gasteiger charge is 2.29. The summed E-state index contributed by atoms with van der Waals surface area (Å²) in [7, 11) is -4.16. The summed E-state index contributed by atoms with van der Waals surface area (Å²) in [4.78, 5) is 12.8. The Morgan fingerprint density at radius 3 is 1.94 bits per heavy atom. The van der Waals surface area contributed by atoms with Gasteiger partial charge in [0, 0.05) is 5.71 Å². The van der Waals surface area contributed by atoms with E-state index in [2.05, 4.69) is 10.5 Å². The van der Waals surface area contributed by atoms with E-state index in [4.69, 9.17) is 0 Å². The van der Waals surface area contributed by atoms with E-state index >= 15 is 0 Å². The van der Waals surface area contributed by atoms with Crippen molar-refractivity contribution >= 4 is 27.3 Å². The van der Waals surface area contributed by atoms with Gasteiger partial charge in [-0.3, -0.25) is 9.10 Å². The summed E-state index contributed by atoms with van der Waals surface area (Å²) in [6.45, 7) is -0.574. The van der Waals surface area contributed by atoms with Crippen molar-refractivity contribution < 1.29 is 17.6 Å². The average Bonchev–Trinajstić information content (AvgIpc) is 2.83. The predicted molar refractivity (Wildman–Crippen MR) is 134 cm³/mol. The highest BCUT2D eigenvalue weighted by molar-refractivity contribution is 7.92. The summed E-state index contributed by atoms with van der Waals surface area (Å²) < 4.78 is 41.9. The number of hydrogen-bond acceptors (Lipinski definition) is 4. The van der Waals surface area contributed by atoms with Gasteiger partial charge in [-0.15, -0.1) is 0 Å². The van der Waals surface area contributed by atoms with Gasteiger partial charge in [-0.25, -0.2) is 18.2 Å². The lowest BCUT2D eigenvalue weighted by atomic mass is 10.00. The highest BCUT2D eigenvalue weighted by Crippen LogP contribution is 2.26. The third-order valence-corrected chi connectivity index (χ3v) is 7.78. The second-order valence-electron chi connectivity index (χ2n) is 8.67. The van der Waals surface area contributed by atoms with Gasteiger partial charge in [0.25, 0.3) is 15.9 Å². The van der Waals surface area contributed by atoms with Crippen molar-refractivity contribution in [2.45, 2.75) is 75.5 Å². The molecule has 184 valence electrons. The molecular weight excluding hydrogens is 453 g/mol. The van der Waals surface area contributed by atoms with Gasteiger partial charge in [0.05, 0.1) is 10.6 Å². The van der Waals surface area contributed by atoms with Gasteiger partial charge in [0.2, 0.25) is 0 Å². The number of anilines is 1. The molecule has 1 N–H and O–H groups in total. The summed E-state index contributed by atoms with van der Waals surface area (Å²) >= 11 is 0. The maximum Gasteiger partial charge on any atom is 0.264 e. The smallest absolute Gasteiger partial charge is 0.264 e. The Morgan fingerprint density at radius 1 is 0.824 bits per heavy atom. The number of nitrogens with one attached hydrogen (secondary N) is 1. The van der Waals surface area contributed by atoms with E-state index in [9.17, 15) is 17.6 Å². The van der Waals surface area contributed by atoms with Crippen LogP contribution in [0.15, 0.2) is 64.6 Å². The van der Waals surface area contributed by atoms with Crippen LogP contribution in [0.25, 0.3) is 0 Å². The summed E-state index contributed by atoms with van der Waals surface area (Å²) in [5.74, 6) is -1.33. The van der Waals surface area contributed by atoms with Crippen molar-refractivity contribution in [1.82, 2.24) is 5.43 Å². The molecule has 1 saturated carbocycles. The fraction of sp³-hybridized carbons (Fsp3) is 0.462. The van der Waals surface area contributed by atoms with Crippen LogP contribution in [0.4, 0.5) is 10.1 Å². The fourth-order valence-corrected chi connectivity index (χ4v) is 5.56. The van der Waals surface area contributed by atoms with Crippen molar-refractivity contribution in [2.75, 3.05) is 10.8 Å². The van der Waals surface area contributed by atoms with Crippen LogP contribution >= 0.6 is 0 Å². The first-order chi connectivity index (χ1) is 16.5. The molecule has 1 aliphatic rings. The van der Waals surface area contributed by atoms with Gasteiger partial charge in [-0.05, 0) is 49.9 Å². The quantitative estimate of drug-likeness (QED) is 0.523. The molecule has 3 rings (SSSR count). The molecule has 0 bridgehead atoms. The van der Waals surface area contributed by atoms with Crippen LogP contribution in [0.5, 0.6) is 0 Å². The number of amides is 1. The molecule has 0 unspecified atom stereocenters. The molecule has 6 nitrogen and oxygen atoms in total. The molecular formula is C26H34FN3O3S. The third kappa shape index (κ3) is 7.65. The van der Waals surface area contributed by atoms with E-state index < -0.39 is 28.3 Å². The average molecular weight is 488 g/mol. The Labute approximate surface area is 202 Å². The predicted octanol–water partition coefficient (Wildman–Crippen LogP) is 5.80. The van der Waals surface area contributed by atoms with E-state index in [1.54, 1.807) is 18.2 Å². The zero-order valence-electron chi connectivity index (χ0n) is 19.6. The second kappa shape index (κ2) is 13.2. The number of benzene rings is 2. The van der Waals surface area contributed by atoms with Crippen molar-refractivity contribution in [3.05, 3.63) is 60.4 Å². The number of nitrogens with zero attached hydrogens (tertiary/aromatic N) is 2. The molecule has 2 aromatic carbocycles. The first kappa shape index (κ1) is 25.9. The second-order valence-corrected chi connectivity index (χ2v) is 10.5. The minimum atomic E-state index is -4.16. The van der Waals surface area contributed by atoms with Gasteiger partial charge in [0.15, 0.2) is 0 Å². The molecule has 0 atom stereocenters. The molecule has 0 spiro atoms. The molecule has 0 saturated heterocycles. The van der Waals surface area contributed by atoms with Crippen LogP contribution < -0.4 is 9.73 Å². The highest BCUT2D eigenvalue weighted by atomic mass is 32.2. The van der Waals surface area contributed by atoms with E-state index in [1.807, 2.05) is 0 Å². The molecule has 8 heteroatoms. The zero-order chi connectivity index (χ0) is 24.2. The summed E-state index contributed by atoms with van der Waals surface area (Å²) in [5, 5.41) is 4.34. The lowest BCUT2D eigenvalue weighted by molar-refractivity contribution is -0.119. The number of hydrazone groups is 1. The molecule has 0 heterocycles. The van der Waals surface area contributed by atoms with Crippen LogP contribution in [-0.2, 0) is 14.8 Å². The van der Waals surface area contributed by atoms with Gasteiger partial charge in [-0.1, -0.05) is 75.3 Å². The SMILES string of the molecule is O=C(CN(c1ccccc1F)S(=O)(=O)c1ccccc1)NN=C1CCCCCCCCCCC1. The molecule has 0 radical (unpaired) electrons. The van der Waals surface area contributed by atoms with Crippen LogP contribution in [0.3, 0.4) is 0 Å². The van der Waals surface area contributed by atoms with Gasteiger partial charge in [-0.2, -0.15) is 5.10 Å². The summed E-state index contributed by atoms with van der Waals surface area (Å²) in [6, 6.07) is 13.2. The fourth-order valence-electron chi connectivity index (χ4n) is 4.11. The molecule has 1 amide bonds. The zero-order valence-corrected chi connectivity index (χ0v) is 20.4. The number of hydrogen-bond donors (Lipinski definition) is 1. The van der Waals surface area contributed by atoms with Crippen molar-refractivity contribution in [1.29, 1.82) is 0 Å². The largest absolute Gasteiger partial charge is 0.271 e. The monoisotopic (exact) mass is 487 g/mol. The minimum absolute atomic E-state index is 0.0170. The van der Waals surface area contributed by atoms with Crippen molar-refractivity contribution in [3.8, 4) is 0 Å². The van der Waals surface area contributed by atoms with Gasteiger partial charge in [0.1, 0.15) is 12.4 Å². The maximum atomic E-state index is 14.6. The van der Waals surface area contributed by atoms with Crippen LogP contribution in [0, 0.1) is 5.82 Å². The first-order valence-electron chi connectivity index (χ1n) is 12.1. The number of carbonyl (C=O) groups excluding carboxylic acids is 1. The van der Waals surface area contributed by atoms with E-state index in [-0.39, 0.29) is 10.6 Å². The topological polar surface area (TPSA) is 78.8 Å². The molecule has 1 aliphatic carbocycles. The van der Waals surface area contributed by atoms with Crippen molar-refractivity contribution in [3.63, 3.8) is 0 Å². The summed E-state index contributed by atoms with van der Waals surface area (Å²) in [5.41, 5.74) is 3.28. The lowest BCUT2D eigenvalue weighted by Crippen LogP contribution is -2.40. The Balaban J connectivity index is 1.75. The molecule has 0 aromatic heterocycles. The Morgan fingerprint density at radius 2 is 1.35 bits per heavy atom. The van der Waals surface area contributed by atoms with Crippen LogP contribution in [0.2, 0.25) is 0 Å². The number of rotatable bonds is 6. The number of sulfonamides is 1. The van der Waals surface area contributed by atoms with Crippen molar-refractivity contribution in [2.24, 2.45) is 5.10 Å². The number of halogens is 1. The Hall–Kier alpha value is -2.74. The molecule has 2 aromatic rings. The Bertz CT molecular complexity index is 1040. The first-order valence-corrected chi connectivity index (χ1v) is 13.6. The van der Waals surface area contributed by atoms with Crippen LogP contribution in [-0.4, -0.2) is 26.6 Å². The number of carbonyl (C=O) groups is 1.